The Morgan fingerprint density at radius 3 is 2.38 bits per heavy atom. The molecular formula is C35H28BrN5O5S2. The summed E-state index contributed by atoms with van der Waals surface area (Å²) in [5, 5.41) is 21.4. The molecule has 0 radical (unpaired) electrons. The average Bonchev–Trinajstić information content (AvgIpc) is 3.56. The fourth-order valence-electron chi connectivity index (χ4n) is 4.40. The molecule has 0 saturated carbocycles. The van der Waals surface area contributed by atoms with Crippen LogP contribution < -0.4 is 16.0 Å². The van der Waals surface area contributed by atoms with Crippen LogP contribution in [0, 0.1) is 10.1 Å². The van der Waals surface area contributed by atoms with Crippen molar-refractivity contribution in [3.63, 3.8) is 0 Å². The Morgan fingerprint density at radius 1 is 0.958 bits per heavy atom. The first kappa shape index (κ1) is 34.2. The third-order valence-electron chi connectivity index (χ3n) is 6.85. The van der Waals surface area contributed by atoms with Crippen LogP contribution in [-0.4, -0.2) is 32.9 Å². The molecule has 48 heavy (non-hydrogen) atoms. The van der Waals surface area contributed by atoms with E-state index in [2.05, 4.69) is 36.9 Å². The van der Waals surface area contributed by atoms with Crippen LogP contribution in [0.25, 0.3) is 17.3 Å². The maximum atomic E-state index is 13.5. The molecule has 1 aromatic heterocycles. The normalized spacial score (nSPS) is 11.8. The van der Waals surface area contributed by atoms with Gasteiger partial charge in [0.05, 0.1) is 15.9 Å². The molecule has 242 valence electrons. The number of non-ortho nitro benzene ring substituents is 1. The van der Waals surface area contributed by atoms with Crippen molar-refractivity contribution >= 4 is 79.3 Å². The van der Waals surface area contributed by atoms with Gasteiger partial charge in [0.15, 0.2) is 5.13 Å². The van der Waals surface area contributed by atoms with Crippen LogP contribution in [0.4, 0.5) is 16.5 Å². The van der Waals surface area contributed by atoms with Gasteiger partial charge in [-0.05, 0) is 72.7 Å². The van der Waals surface area contributed by atoms with Crippen LogP contribution in [0.1, 0.15) is 29.3 Å². The molecule has 13 heteroatoms. The van der Waals surface area contributed by atoms with E-state index in [0.717, 1.165) is 20.6 Å². The van der Waals surface area contributed by atoms with Gasteiger partial charge in [0.1, 0.15) is 5.70 Å². The summed E-state index contributed by atoms with van der Waals surface area (Å²) < 4.78 is 0.968. The molecule has 1 atom stereocenters. The molecule has 5 rings (SSSR count). The maximum absolute atomic E-state index is 13.5. The zero-order valence-corrected chi connectivity index (χ0v) is 28.6. The predicted molar refractivity (Wildman–Crippen MR) is 194 cm³/mol. The molecule has 0 aliphatic rings. The second kappa shape index (κ2) is 16.1. The summed E-state index contributed by atoms with van der Waals surface area (Å²) in [6, 6.07) is 28.9. The standard InChI is InChI=1S/C35H28BrN5O5S2/c1-2-31(34(44)40-35-39-30(21-47-35)23-13-15-25(36)16-14-23)48-28-10-6-9-26(20-28)37-33(43)29(38-32(42)24-7-4-3-5-8-24)19-22-11-17-27(18-12-22)41(45)46/h3-21,31H,2H2,1H3,(H,37,43)(H,38,42)(H,39,40,44)/b29-19+. The van der Waals surface area contributed by atoms with Crippen molar-refractivity contribution in [1.82, 2.24) is 10.3 Å². The predicted octanol–water partition coefficient (Wildman–Crippen LogP) is 8.40. The fourth-order valence-corrected chi connectivity index (χ4v) is 6.40. The molecule has 3 amide bonds. The number of nitrogens with zero attached hydrogens (tertiary/aromatic N) is 2. The highest BCUT2D eigenvalue weighted by Gasteiger charge is 2.21. The van der Waals surface area contributed by atoms with E-state index in [1.807, 2.05) is 42.6 Å². The number of rotatable bonds is 12. The Balaban J connectivity index is 1.28. The molecule has 5 aromatic rings. The quantitative estimate of drug-likeness (QED) is 0.0504. The Kier molecular flexibility index (Phi) is 11.5. The van der Waals surface area contributed by atoms with Crippen molar-refractivity contribution in [2.75, 3.05) is 10.6 Å². The van der Waals surface area contributed by atoms with Gasteiger partial charge < -0.3 is 16.0 Å². The number of hydrogen-bond acceptors (Lipinski definition) is 8. The molecule has 0 saturated heterocycles. The molecule has 1 unspecified atom stereocenters. The van der Waals surface area contributed by atoms with Crippen LogP contribution in [0.2, 0.25) is 0 Å². The second-order valence-electron chi connectivity index (χ2n) is 10.3. The second-order valence-corrected chi connectivity index (χ2v) is 13.3. The van der Waals surface area contributed by atoms with Crippen LogP contribution in [-0.2, 0) is 9.59 Å². The number of hydrogen-bond donors (Lipinski definition) is 3. The summed E-state index contributed by atoms with van der Waals surface area (Å²) in [5.41, 5.74) is 2.83. The molecule has 3 N–H and O–H groups in total. The highest BCUT2D eigenvalue weighted by atomic mass is 79.9. The molecule has 10 nitrogen and oxygen atoms in total. The number of carbonyl (C=O) groups is 3. The lowest BCUT2D eigenvalue weighted by atomic mass is 10.1. The average molecular weight is 743 g/mol. The van der Waals surface area contributed by atoms with Gasteiger partial charge in [0.25, 0.3) is 17.5 Å². The molecule has 0 aliphatic heterocycles. The third-order valence-corrected chi connectivity index (χ3v) is 9.50. The number of halogens is 1. The van der Waals surface area contributed by atoms with E-state index in [9.17, 15) is 24.5 Å². The van der Waals surface area contributed by atoms with E-state index in [0.29, 0.717) is 28.4 Å². The minimum Gasteiger partial charge on any atom is -0.321 e. The Labute approximate surface area is 293 Å². The number of nitro benzene ring substituents is 1. The molecule has 0 aliphatic carbocycles. The van der Waals surface area contributed by atoms with E-state index in [1.54, 1.807) is 48.5 Å². The number of anilines is 2. The largest absolute Gasteiger partial charge is 0.321 e. The Hall–Kier alpha value is -5.11. The summed E-state index contributed by atoms with van der Waals surface area (Å²) >= 11 is 6.14. The molecule has 0 fully saturated rings. The number of nitrogens with one attached hydrogen (secondary N) is 3. The van der Waals surface area contributed by atoms with E-state index in [1.165, 1.54) is 53.4 Å². The SMILES string of the molecule is CCC(Sc1cccc(NC(=O)/C(=C\c2ccc([N+](=O)[O-])cc2)NC(=O)c2ccccc2)c1)C(=O)Nc1nc(-c2ccc(Br)cc2)cs1. The lowest BCUT2D eigenvalue weighted by molar-refractivity contribution is -0.384. The number of carbonyl (C=O) groups excluding carboxylic acids is 3. The van der Waals surface area contributed by atoms with Gasteiger partial charge in [-0.25, -0.2) is 4.98 Å². The zero-order valence-electron chi connectivity index (χ0n) is 25.4. The number of benzene rings is 4. The minimum absolute atomic E-state index is 0.0625. The molecule has 4 aromatic carbocycles. The fraction of sp³-hybridized carbons (Fsp3) is 0.0857. The summed E-state index contributed by atoms with van der Waals surface area (Å²) in [6.07, 6.45) is 1.99. The molecule has 0 bridgehead atoms. The Morgan fingerprint density at radius 2 is 1.69 bits per heavy atom. The van der Waals surface area contributed by atoms with Gasteiger partial charge in [0.2, 0.25) is 5.91 Å². The van der Waals surface area contributed by atoms with Crippen LogP contribution >= 0.6 is 39.0 Å². The van der Waals surface area contributed by atoms with Crippen molar-refractivity contribution in [2.24, 2.45) is 0 Å². The zero-order chi connectivity index (χ0) is 34.0. The van der Waals surface area contributed by atoms with Gasteiger partial charge in [-0.3, -0.25) is 24.5 Å². The first-order valence-corrected chi connectivity index (χ1v) is 17.2. The summed E-state index contributed by atoms with van der Waals surface area (Å²) in [4.78, 5) is 55.6. The van der Waals surface area contributed by atoms with Gasteiger partial charge in [-0.15, -0.1) is 23.1 Å². The monoisotopic (exact) mass is 741 g/mol. The van der Waals surface area contributed by atoms with Crippen molar-refractivity contribution < 1.29 is 19.3 Å². The van der Waals surface area contributed by atoms with E-state index >= 15 is 0 Å². The topological polar surface area (TPSA) is 143 Å². The lowest BCUT2D eigenvalue weighted by Crippen LogP contribution is -2.30. The first-order valence-electron chi connectivity index (χ1n) is 14.6. The number of aromatic nitrogens is 1. The van der Waals surface area contributed by atoms with Gasteiger partial charge in [-0.2, -0.15) is 0 Å². The highest BCUT2D eigenvalue weighted by Crippen LogP contribution is 2.30. The lowest BCUT2D eigenvalue weighted by Gasteiger charge is -2.15. The summed E-state index contributed by atoms with van der Waals surface area (Å²) in [6.45, 7) is 1.92. The minimum atomic E-state index is -0.602. The maximum Gasteiger partial charge on any atom is 0.272 e. The molecular weight excluding hydrogens is 714 g/mol. The summed E-state index contributed by atoms with van der Waals surface area (Å²) in [7, 11) is 0. The van der Waals surface area contributed by atoms with E-state index in [-0.39, 0.29) is 17.3 Å². The number of nitro groups is 1. The van der Waals surface area contributed by atoms with Crippen LogP contribution in [0.3, 0.4) is 0 Å². The van der Waals surface area contributed by atoms with E-state index in [4.69, 9.17) is 0 Å². The Bertz CT molecular complexity index is 1970. The molecule has 1 heterocycles. The van der Waals surface area contributed by atoms with Gasteiger partial charge in [-0.1, -0.05) is 59.3 Å². The molecule has 0 spiro atoms. The third kappa shape index (κ3) is 9.25. The van der Waals surface area contributed by atoms with E-state index < -0.39 is 22.0 Å². The highest BCUT2D eigenvalue weighted by molar-refractivity contribution is 9.10. The van der Waals surface area contributed by atoms with Crippen molar-refractivity contribution in [2.45, 2.75) is 23.5 Å². The van der Waals surface area contributed by atoms with Gasteiger partial charge in [0, 0.05) is 43.7 Å². The number of thioether (sulfide) groups is 1. The van der Waals surface area contributed by atoms with Crippen molar-refractivity contribution in [3.8, 4) is 11.3 Å². The van der Waals surface area contributed by atoms with Gasteiger partial charge >= 0.3 is 0 Å². The number of amides is 3. The van der Waals surface area contributed by atoms with Crippen molar-refractivity contribution in [1.29, 1.82) is 0 Å². The van der Waals surface area contributed by atoms with Crippen LogP contribution in [0.15, 0.2) is 124 Å². The number of thiazole rings is 1. The van der Waals surface area contributed by atoms with Crippen molar-refractivity contribution in [3.05, 3.63) is 140 Å². The smallest absolute Gasteiger partial charge is 0.272 e. The summed E-state index contributed by atoms with van der Waals surface area (Å²) in [5.74, 6) is -1.29. The van der Waals surface area contributed by atoms with Crippen LogP contribution in [0.5, 0.6) is 0 Å². The first-order chi connectivity index (χ1) is 23.2.